The van der Waals surface area contributed by atoms with Crippen molar-refractivity contribution in [2.45, 2.75) is 23.6 Å². The molecule has 1 aromatic heterocycles. The first kappa shape index (κ1) is 29.0. The Kier molecular flexibility index (Phi) is 7.98. The summed E-state index contributed by atoms with van der Waals surface area (Å²) >= 11 is 0. The van der Waals surface area contributed by atoms with Crippen LogP contribution in [0.2, 0.25) is 0 Å². The molecule has 0 radical (unpaired) electrons. The lowest BCUT2D eigenvalue weighted by Gasteiger charge is -2.13. The zero-order valence-electron chi connectivity index (χ0n) is 21.5. The Morgan fingerprint density at radius 2 is 1.22 bits per heavy atom. The summed E-state index contributed by atoms with van der Waals surface area (Å²) in [5.41, 5.74) is -2.75. The number of aliphatic imine (C=N–C) groups is 1. The quantitative estimate of drug-likeness (QED) is 0.163. The van der Waals surface area contributed by atoms with Crippen LogP contribution in [0.15, 0.2) is 103 Å². The molecule has 0 bridgehead atoms. The highest BCUT2D eigenvalue weighted by Crippen LogP contribution is 2.32. The average molecular weight is 598 g/mol. The van der Waals surface area contributed by atoms with Crippen LogP contribution in [0.3, 0.4) is 0 Å². The molecule has 4 N–H and O–H groups in total. The number of nitrogens with zero attached hydrogens (tertiary/aromatic N) is 1. The van der Waals surface area contributed by atoms with Gasteiger partial charge < -0.3 is 14.6 Å². The number of sulfonamides is 2. The number of ketones is 1. The molecule has 0 spiro atoms. The van der Waals surface area contributed by atoms with Crippen molar-refractivity contribution in [3.05, 3.63) is 100 Å². The second-order valence-electron chi connectivity index (χ2n) is 8.65. The predicted molar refractivity (Wildman–Crippen MR) is 151 cm³/mol. The molecular weight excluding hydrogens is 574 g/mol. The van der Waals surface area contributed by atoms with Crippen molar-refractivity contribution in [2.24, 2.45) is 4.99 Å². The molecule has 12 nitrogen and oxygen atoms in total. The van der Waals surface area contributed by atoms with Crippen molar-refractivity contribution in [1.82, 2.24) is 0 Å². The number of carbonyl (C=O) groups excluding carboxylic acids is 1. The fourth-order valence-corrected chi connectivity index (χ4v) is 5.94. The van der Waals surface area contributed by atoms with Crippen LogP contribution < -0.4 is 15.1 Å². The SMILES string of the molecule is CC(=O)c1c(O)oc(=O)c(C(C)=Nc2cc(NS(=O)(=O)c3ccccc3)cc(NS(=O)(=O)c3ccccc3)c2)c1O. The third-order valence-corrected chi connectivity index (χ3v) is 8.42. The van der Waals surface area contributed by atoms with Gasteiger partial charge in [-0.3, -0.25) is 19.2 Å². The highest BCUT2D eigenvalue weighted by atomic mass is 32.2. The molecule has 0 fully saturated rings. The predicted octanol–water partition coefficient (Wildman–Crippen LogP) is 4.00. The number of aromatic hydroxyl groups is 2. The molecule has 3 aromatic carbocycles. The van der Waals surface area contributed by atoms with E-state index in [1.165, 1.54) is 73.7 Å². The summed E-state index contributed by atoms with van der Waals surface area (Å²) in [4.78, 5) is 28.4. The Bertz CT molecular complexity index is 1850. The first-order valence-electron chi connectivity index (χ1n) is 11.7. The van der Waals surface area contributed by atoms with Gasteiger partial charge in [0.25, 0.3) is 26.0 Å². The number of anilines is 2. The van der Waals surface area contributed by atoms with E-state index in [0.29, 0.717) is 0 Å². The number of benzene rings is 3. The molecule has 0 saturated heterocycles. The van der Waals surface area contributed by atoms with Crippen molar-refractivity contribution in [3.63, 3.8) is 0 Å². The largest absolute Gasteiger partial charge is 0.506 e. The monoisotopic (exact) mass is 597 g/mol. The van der Waals surface area contributed by atoms with Gasteiger partial charge in [0.05, 0.1) is 32.6 Å². The van der Waals surface area contributed by atoms with Crippen molar-refractivity contribution in [3.8, 4) is 11.7 Å². The van der Waals surface area contributed by atoms with Gasteiger partial charge in [-0.25, -0.2) is 21.6 Å². The number of nitrogens with one attached hydrogen (secondary N) is 2. The minimum atomic E-state index is -4.10. The van der Waals surface area contributed by atoms with Gasteiger partial charge in [-0.05, 0) is 56.3 Å². The maximum atomic E-state index is 13.0. The minimum Gasteiger partial charge on any atom is -0.506 e. The molecule has 0 aliphatic rings. The summed E-state index contributed by atoms with van der Waals surface area (Å²) in [6.07, 6.45) is 0. The first-order valence-corrected chi connectivity index (χ1v) is 14.7. The second-order valence-corrected chi connectivity index (χ2v) is 12.0. The molecule has 4 rings (SSSR count). The van der Waals surface area contributed by atoms with Gasteiger partial charge in [-0.15, -0.1) is 0 Å². The van der Waals surface area contributed by atoms with Crippen LogP contribution in [0.5, 0.6) is 11.7 Å². The van der Waals surface area contributed by atoms with Crippen LogP contribution in [-0.4, -0.2) is 38.5 Å². The second kappa shape index (κ2) is 11.3. The molecule has 0 amide bonds. The van der Waals surface area contributed by atoms with E-state index in [1.54, 1.807) is 12.1 Å². The number of Topliss-reactive ketones (excluding diaryl/α,β-unsaturated/α-hetero) is 1. The molecule has 14 heteroatoms. The summed E-state index contributed by atoms with van der Waals surface area (Å²) < 4.78 is 61.3. The Labute approximate surface area is 234 Å². The topological polar surface area (TPSA) is 192 Å². The van der Waals surface area contributed by atoms with E-state index in [1.807, 2.05) is 0 Å². The highest BCUT2D eigenvalue weighted by molar-refractivity contribution is 7.93. The van der Waals surface area contributed by atoms with Gasteiger partial charge in [0.2, 0.25) is 0 Å². The fraction of sp³-hybridized carbons (Fsp3) is 0.0741. The van der Waals surface area contributed by atoms with Gasteiger partial charge in [-0.1, -0.05) is 36.4 Å². The van der Waals surface area contributed by atoms with Crippen LogP contribution in [0, 0.1) is 0 Å². The third kappa shape index (κ3) is 6.45. The lowest BCUT2D eigenvalue weighted by molar-refractivity contribution is 0.100. The van der Waals surface area contributed by atoms with Gasteiger partial charge in [0, 0.05) is 0 Å². The molecule has 0 aliphatic heterocycles. The molecule has 1 heterocycles. The van der Waals surface area contributed by atoms with Gasteiger partial charge >= 0.3 is 5.63 Å². The summed E-state index contributed by atoms with van der Waals surface area (Å²) in [5, 5.41) is 20.3. The number of hydrogen-bond acceptors (Lipinski definition) is 10. The van der Waals surface area contributed by atoms with Gasteiger partial charge in [0.1, 0.15) is 16.9 Å². The Balaban J connectivity index is 1.84. The zero-order chi connectivity index (χ0) is 29.9. The van der Waals surface area contributed by atoms with E-state index in [4.69, 9.17) is 0 Å². The van der Waals surface area contributed by atoms with E-state index in [-0.39, 0.29) is 32.6 Å². The molecule has 4 aromatic rings. The van der Waals surface area contributed by atoms with Crippen molar-refractivity contribution < 1.29 is 36.3 Å². The normalized spacial score (nSPS) is 12.1. The fourth-order valence-electron chi connectivity index (χ4n) is 3.82. The van der Waals surface area contributed by atoms with Gasteiger partial charge in [-0.2, -0.15) is 0 Å². The molecule has 0 saturated carbocycles. The van der Waals surface area contributed by atoms with E-state index < -0.39 is 54.3 Å². The van der Waals surface area contributed by atoms with Crippen LogP contribution in [0.4, 0.5) is 17.1 Å². The molecule has 0 unspecified atom stereocenters. The van der Waals surface area contributed by atoms with Crippen LogP contribution in [0.25, 0.3) is 0 Å². The maximum absolute atomic E-state index is 13.0. The summed E-state index contributed by atoms with van der Waals surface area (Å²) in [5.74, 6) is -2.71. The van der Waals surface area contributed by atoms with E-state index in [2.05, 4.69) is 18.9 Å². The smallest absolute Gasteiger partial charge is 0.351 e. The molecule has 0 aliphatic carbocycles. The minimum absolute atomic E-state index is 0.0437. The Morgan fingerprint density at radius 3 is 1.66 bits per heavy atom. The molecular formula is C27H23N3O9S2. The maximum Gasteiger partial charge on any atom is 0.351 e. The summed E-state index contributed by atoms with van der Waals surface area (Å²) in [6, 6.07) is 18.6. The highest BCUT2D eigenvalue weighted by Gasteiger charge is 2.24. The lowest BCUT2D eigenvalue weighted by atomic mass is 10.1. The van der Waals surface area contributed by atoms with Crippen molar-refractivity contribution >= 4 is 48.6 Å². The van der Waals surface area contributed by atoms with Crippen molar-refractivity contribution in [2.75, 3.05) is 9.44 Å². The van der Waals surface area contributed by atoms with Gasteiger partial charge in [0.15, 0.2) is 5.78 Å². The van der Waals surface area contributed by atoms with Crippen LogP contribution in [0.1, 0.15) is 29.8 Å². The zero-order valence-corrected chi connectivity index (χ0v) is 23.2. The first-order chi connectivity index (χ1) is 19.3. The Hall–Kier alpha value is -4.95. The third-order valence-electron chi connectivity index (χ3n) is 5.62. The number of rotatable bonds is 9. The van der Waals surface area contributed by atoms with Crippen LogP contribution in [-0.2, 0) is 20.0 Å². The van der Waals surface area contributed by atoms with Crippen LogP contribution >= 0.6 is 0 Å². The summed E-state index contributed by atoms with van der Waals surface area (Å²) in [7, 11) is -8.21. The molecule has 41 heavy (non-hydrogen) atoms. The lowest BCUT2D eigenvalue weighted by Crippen LogP contribution is -2.16. The van der Waals surface area contributed by atoms with E-state index >= 15 is 0 Å². The molecule has 0 atom stereocenters. The van der Waals surface area contributed by atoms with E-state index in [0.717, 1.165) is 6.92 Å². The molecule has 212 valence electrons. The summed E-state index contributed by atoms with van der Waals surface area (Å²) in [6.45, 7) is 2.33. The van der Waals surface area contributed by atoms with Crippen molar-refractivity contribution in [1.29, 1.82) is 0 Å². The average Bonchev–Trinajstić information content (AvgIpc) is 2.88. The Morgan fingerprint density at radius 1 is 0.756 bits per heavy atom. The van der Waals surface area contributed by atoms with E-state index in [9.17, 15) is 36.6 Å². The number of carbonyl (C=O) groups is 1. The number of hydrogen-bond donors (Lipinski definition) is 4. The standard InChI is InChI=1S/C27H23N3O9S2/c1-16(23-25(32)24(17(2)31)27(34)39-26(23)33)28-18-13-19(29-40(35,36)21-9-5-3-6-10-21)15-20(14-18)30-41(37,38)22-11-7-4-8-12-22/h3-15,29-30,32,34H,1-2H3.